The van der Waals surface area contributed by atoms with Gasteiger partial charge in [-0.2, -0.15) is 5.26 Å². The maximum absolute atomic E-state index is 9.03. The Morgan fingerprint density at radius 3 is 2.94 bits per heavy atom. The molecule has 84 valence electrons. The Bertz CT molecular complexity index is 422. The summed E-state index contributed by atoms with van der Waals surface area (Å²) in [6.45, 7) is 4.89. The first kappa shape index (κ1) is 11.0. The Balaban J connectivity index is 2.20. The van der Waals surface area contributed by atoms with Crippen LogP contribution >= 0.6 is 0 Å². The van der Waals surface area contributed by atoms with Gasteiger partial charge in [0.25, 0.3) is 0 Å². The van der Waals surface area contributed by atoms with Crippen molar-refractivity contribution in [3.8, 4) is 6.07 Å². The topological polar surface area (TPSA) is 45.0 Å². The monoisotopic (exact) mass is 216 g/mol. The molecular formula is C13H16N2O. The summed E-state index contributed by atoms with van der Waals surface area (Å²) in [7, 11) is 0. The van der Waals surface area contributed by atoms with Crippen LogP contribution in [-0.2, 0) is 4.74 Å². The predicted molar refractivity (Wildman–Crippen MR) is 63.3 cm³/mol. The Morgan fingerprint density at radius 2 is 2.31 bits per heavy atom. The van der Waals surface area contributed by atoms with Crippen LogP contribution in [-0.4, -0.2) is 18.8 Å². The first-order valence-electron chi connectivity index (χ1n) is 5.59. The van der Waals surface area contributed by atoms with E-state index in [4.69, 9.17) is 10.00 Å². The van der Waals surface area contributed by atoms with E-state index in [1.807, 2.05) is 25.1 Å². The Hall–Kier alpha value is -1.53. The SMILES string of the molecule is Cc1ccc(C#N)c(NC2CCOC2C)c1. The van der Waals surface area contributed by atoms with Crippen molar-refractivity contribution in [2.24, 2.45) is 0 Å². The van der Waals surface area contributed by atoms with Gasteiger partial charge in [0.05, 0.1) is 23.4 Å². The Morgan fingerprint density at radius 1 is 1.50 bits per heavy atom. The second-order valence-electron chi connectivity index (χ2n) is 4.28. The van der Waals surface area contributed by atoms with E-state index in [9.17, 15) is 0 Å². The van der Waals surface area contributed by atoms with Crippen molar-refractivity contribution in [1.82, 2.24) is 0 Å². The Kier molecular flexibility index (Phi) is 3.12. The van der Waals surface area contributed by atoms with Gasteiger partial charge in [0.1, 0.15) is 6.07 Å². The molecular weight excluding hydrogens is 200 g/mol. The maximum atomic E-state index is 9.03. The highest BCUT2D eigenvalue weighted by atomic mass is 16.5. The van der Waals surface area contributed by atoms with E-state index in [-0.39, 0.29) is 6.10 Å². The molecule has 0 spiro atoms. The number of ether oxygens (including phenoxy) is 1. The second kappa shape index (κ2) is 4.54. The fraction of sp³-hybridized carbons (Fsp3) is 0.462. The standard InChI is InChI=1S/C13H16N2O/c1-9-3-4-11(8-14)13(7-9)15-12-5-6-16-10(12)2/h3-4,7,10,12,15H,5-6H2,1-2H3. The third kappa shape index (κ3) is 2.17. The van der Waals surface area contributed by atoms with Gasteiger partial charge >= 0.3 is 0 Å². The molecule has 1 fully saturated rings. The predicted octanol–water partition coefficient (Wildman–Crippen LogP) is 2.46. The smallest absolute Gasteiger partial charge is 0.101 e. The number of anilines is 1. The van der Waals surface area contributed by atoms with Crippen LogP contribution in [0.2, 0.25) is 0 Å². The van der Waals surface area contributed by atoms with E-state index in [1.165, 1.54) is 0 Å². The van der Waals surface area contributed by atoms with Gasteiger partial charge in [-0.1, -0.05) is 6.07 Å². The summed E-state index contributed by atoms with van der Waals surface area (Å²) in [6.07, 6.45) is 1.21. The third-order valence-corrected chi connectivity index (χ3v) is 3.01. The minimum Gasteiger partial charge on any atom is -0.379 e. The molecule has 1 heterocycles. The van der Waals surface area contributed by atoms with Gasteiger partial charge in [0, 0.05) is 6.61 Å². The fourth-order valence-corrected chi connectivity index (χ4v) is 2.00. The molecule has 3 nitrogen and oxygen atoms in total. The molecule has 2 atom stereocenters. The van der Waals surface area contributed by atoms with Gasteiger partial charge < -0.3 is 10.1 Å². The van der Waals surface area contributed by atoms with Crippen LogP contribution in [0, 0.1) is 18.3 Å². The molecule has 2 unspecified atom stereocenters. The summed E-state index contributed by atoms with van der Waals surface area (Å²) < 4.78 is 5.50. The molecule has 0 radical (unpaired) electrons. The summed E-state index contributed by atoms with van der Waals surface area (Å²) in [5.41, 5.74) is 2.78. The van der Waals surface area contributed by atoms with E-state index in [0.717, 1.165) is 24.3 Å². The molecule has 1 aliphatic heterocycles. The number of hydrogen-bond acceptors (Lipinski definition) is 3. The van der Waals surface area contributed by atoms with Crippen LogP contribution < -0.4 is 5.32 Å². The quantitative estimate of drug-likeness (QED) is 0.826. The van der Waals surface area contributed by atoms with Gasteiger partial charge in [0.2, 0.25) is 0 Å². The van der Waals surface area contributed by atoms with E-state index < -0.39 is 0 Å². The van der Waals surface area contributed by atoms with Crippen LogP contribution in [0.5, 0.6) is 0 Å². The maximum Gasteiger partial charge on any atom is 0.101 e. The van der Waals surface area contributed by atoms with Crippen LogP contribution in [0.3, 0.4) is 0 Å². The third-order valence-electron chi connectivity index (χ3n) is 3.01. The number of nitriles is 1. The number of benzene rings is 1. The second-order valence-corrected chi connectivity index (χ2v) is 4.28. The molecule has 3 heteroatoms. The van der Waals surface area contributed by atoms with Crippen molar-refractivity contribution in [2.45, 2.75) is 32.4 Å². The molecule has 1 aromatic rings. The molecule has 0 saturated carbocycles. The highest BCUT2D eigenvalue weighted by Crippen LogP contribution is 2.22. The number of nitrogens with one attached hydrogen (secondary N) is 1. The zero-order valence-corrected chi connectivity index (χ0v) is 9.66. The highest BCUT2D eigenvalue weighted by molar-refractivity contribution is 5.59. The molecule has 1 aromatic carbocycles. The van der Waals surface area contributed by atoms with Gasteiger partial charge in [-0.05, 0) is 38.0 Å². The first-order valence-corrected chi connectivity index (χ1v) is 5.59. The lowest BCUT2D eigenvalue weighted by atomic mass is 10.1. The largest absolute Gasteiger partial charge is 0.379 e. The number of nitrogens with zero attached hydrogens (tertiary/aromatic N) is 1. The lowest BCUT2D eigenvalue weighted by Gasteiger charge is -2.18. The average molecular weight is 216 g/mol. The lowest BCUT2D eigenvalue weighted by Crippen LogP contribution is -2.27. The van der Waals surface area contributed by atoms with Gasteiger partial charge in [-0.15, -0.1) is 0 Å². The summed E-state index contributed by atoms with van der Waals surface area (Å²) in [4.78, 5) is 0. The van der Waals surface area contributed by atoms with Crippen molar-refractivity contribution >= 4 is 5.69 Å². The zero-order valence-electron chi connectivity index (χ0n) is 9.66. The average Bonchev–Trinajstić information content (AvgIpc) is 2.65. The van der Waals surface area contributed by atoms with Gasteiger partial charge in [0.15, 0.2) is 0 Å². The van der Waals surface area contributed by atoms with E-state index in [2.05, 4.69) is 18.3 Å². The molecule has 0 aromatic heterocycles. The van der Waals surface area contributed by atoms with Gasteiger partial charge in [-0.25, -0.2) is 0 Å². The molecule has 0 bridgehead atoms. The van der Waals surface area contributed by atoms with Crippen LogP contribution in [0.25, 0.3) is 0 Å². The molecule has 1 saturated heterocycles. The number of aryl methyl sites for hydroxylation is 1. The molecule has 2 rings (SSSR count). The van der Waals surface area contributed by atoms with E-state index in [0.29, 0.717) is 11.6 Å². The fourth-order valence-electron chi connectivity index (χ4n) is 2.00. The lowest BCUT2D eigenvalue weighted by molar-refractivity contribution is 0.121. The number of rotatable bonds is 2. The highest BCUT2D eigenvalue weighted by Gasteiger charge is 2.24. The summed E-state index contributed by atoms with van der Waals surface area (Å²) in [6, 6.07) is 8.36. The van der Waals surface area contributed by atoms with E-state index >= 15 is 0 Å². The number of hydrogen-bond donors (Lipinski definition) is 1. The first-order chi connectivity index (χ1) is 7.70. The van der Waals surface area contributed by atoms with Crippen molar-refractivity contribution in [3.05, 3.63) is 29.3 Å². The van der Waals surface area contributed by atoms with Crippen LogP contribution in [0.1, 0.15) is 24.5 Å². The van der Waals surface area contributed by atoms with Crippen molar-refractivity contribution < 1.29 is 4.74 Å². The van der Waals surface area contributed by atoms with Crippen molar-refractivity contribution in [1.29, 1.82) is 5.26 Å². The summed E-state index contributed by atoms with van der Waals surface area (Å²) >= 11 is 0. The van der Waals surface area contributed by atoms with Crippen molar-refractivity contribution in [3.63, 3.8) is 0 Å². The molecule has 1 N–H and O–H groups in total. The van der Waals surface area contributed by atoms with Gasteiger partial charge in [-0.3, -0.25) is 0 Å². The Labute approximate surface area is 96.0 Å². The van der Waals surface area contributed by atoms with Crippen molar-refractivity contribution in [2.75, 3.05) is 11.9 Å². The van der Waals surface area contributed by atoms with E-state index in [1.54, 1.807) is 0 Å². The minimum absolute atomic E-state index is 0.215. The van der Waals surface area contributed by atoms with Crippen LogP contribution in [0.15, 0.2) is 18.2 Å². The molecule has 1 aliphatic rings. The summed E-state index contributed by atoms with van der Waals surface area (Å²) in [5, 5.41) is 12.4. The minimum atomic E-state index is 0.215. The normalized spacial score (nSPS) is 24.1. The molecule has 0 aliphatic carbocycles. The molecule has 0 amide bonds. The molecule has 16 heavy (non-hydrogen) atoms. The zero-order chi connectivity index (χ0) is 11.5. The van der Waals surface area contributed by atoms with Crippen LogP contribution in [0.4, 0.5) is 5.69 Å². The summed E-state index contributed by atoms with van der Waals surface area (Å²) in [5.74, 6) is 0.